The first-order chi connectivity index (χ1) is 19.5. The maximum absolute atomic E-state index is 14.4. The minimum absolute atomic E-state index is 0.0156. The van der Waals surface area contributed by atoms with Crippen LogP contribution in [-0.4, -0.2) is 58.2 Å². The lowest BCUT2D eigenvalue weighted by Crippen LogP contribution is -2.59. The first-order valence-corrected chi connectivity index (χ1v) is 14.9. The number of sulfonamides is 1. The second-order valence-corrected chi connectivity index (χ2v) is 12.3. The summed E-state index contributed by atoms with van der Waals surface area (Å²) in [5.74, 6) is -1.25. The highest BCUT2D eigenvalue weighted by Crippen LogP contribution is 2.52. The van der Waals surface area contributed by atoms with Gasteiger partial charge in [0.25, 0.3) is 15.9 Å². The van der Waals surface area contributed by atoms with E-state index in [1.54, 1.807) is 12.1 Å². The van der Waals surface area contributed by atoms with Gasteiger partial charge in [0.05, 0.1) is 30.8 Å². The van der Waals surface area contributed by atoms with Crippen molar-refractivity contribution in [2.45, 2.75) is 35.4 Å². The van der Waals surface area contributed by atoms with E-state index in [0.717, 1.165) is 10.7 Å². The monoisotopic (exact) mass is 619 g/mol. The number of benzene rings is 3. The average Bonchev–Trinajstić information content (AvgIpc) is 3.59. The number of nitrogens with zero attached hydrogens (tertiary/aromatic N) is 1. The fourth-order valence-corrected chi connectivity index (χ4v) is 7.48. The van der Waals surface area contributed by atoms with E-state index in [4.69, 9.17) is 32.7 Å². The van der Waals surface area contributed by atoms with Crippen LogP contribution in [0.15, 0.2) is 65.6 Å². The molecule has 0 radical (unpaired) electrons. The molecule has 0 aromatic heterocycles. The van der Waals surface area contributed by atoms with E-state index in [1.807, 2.05) is 0 Å². The number of imide groups is 1. The quantitative estimate of drug-likeness (QED) is 0.343. The van der Waals surface area contributed by atoms with Gasteiger partial charge in [-0.3, -0.25) is 14.9 Å². The Morgan fingerprint density at radius 1 is 1.00 bits per heavy atom. The summed E-state index contributed by atoms with van der Waals surface area (Å²) in [4.78, 5) is 26.8. The third-order valence-electron chi connectivity index (χ3n) is 7.30. The van der Waals surface area contributed by atoms with Gasteiger partial charge in [0.2, 0.25) is 5.91 Å². The average molecular weight is 621 g/mol. The molecule has 5 rings (SSSR count). The van der Waals surface area contributed by atoms with Crippen LogP contribution in [0.2, 0.25) is 10.0 Å². The van der Waals surface area contributed by atoms with E-state index in [1.165, 1.54) is 62.8 Å². The molecule has 2 aliphatic rings. The summed E-state index contributed by atoms with van der Waals surface area (Å²) in [6.07, 6.45) is 1.24. The van der Waals surface area contributed by atoms with E-state index in [0.29, 0.717) is 13.0 Å². The van der Waals surface area contributed by atoms with Gasteiger partial charge in [-0.1, -0.05) is 41.4 Å². The Balaban J connectivity index is 1.73. The number of nitrogens with one attached hydrogen (secondary N) is 2. The molecule has 10 nitrogen and oxygen atoms in total. The zero-order chi connectivity index (χ0) is 29.5. The Morgan fingerprint density at radius 2 is 1.73 bits per heavy atom. The molecule has 0 saturated carbocycles. The van der Waals surface area contributed by atoms with Crippen molar-refractivity contribution in [1.29, 1.82) is 0 Å². The zero-order valence-electron chi connectivity index (χ0n) is 22.1. The molecular weight excluding hydrogens is 593 g/mol. The maximum atomic E-state index is 14.4. The Labute approximate surface area is 247 Å². The molecule has 0 spiro atoms. The van der Waals surface area contributed by atoms with Crippen molar-refractivity contribution in [3.63, 3.8) is 0 Å². The molecule has 2 amide bonds. The van der Waals surface area contributed by atoms with Crippen LogP contribution in [0.25, 0.3) is 0 Å². The van der Waals surface area contributed by atoms with Gasteiger partial charge in [0.15, 0.2) is 17.5 Å². The molecule has 3 aromatic carbocycles. The van der Waals surface area contributed by atoms with Crippen molar-refractivity contribution in [2.75, 3.05) is 25.1 Å². The predicted molar refractivity (Wildman–Crippen MR) is 153 cm³/mol. The van der Waals surface area contributed by atoms with Crippen LogP contribution < -0.4 is 24.4 Å². The fourth-order valence-electron chi connectivity index (χ4n) is 5.36. The number of carbonyl (C=O) groups is 2. The Morgan fingerprint density at radius 3 is 2.39 bits per heavy atom. The van der Waals surface area contributed by atoms with Gasteiger partial charge in [0.1, 0.15) is 5.60 Å². The Kier molecular flexibility index (Phi) is 7.92. The third-order valence-corrected chi connectivity index (χ3v) is 9.64. The summed E-state index contributed by atoms with van der Waals surface area (Å²) in [6.45, 7) is 0.600. The number of fused-ring (bicyclic) bond motifs is 1. The number of amides is 2. The molecule has 3 aromatic rings. The molecule has 2 heterocycles. The Bertz CT molecular complexity index is 1630. The summed E-state index contributed by atoms with van der Waals surface area (Å²) >= 11 is 12.9. The van der Waals surface area contributed by atoms with Gasteiger partial charge in [-0.15, -0.1) is 0 Å². The van der Waals surface area contributed by atoms with Crippen molar-refractivity contribution < 1.29 is 32.6 Å². The largest absolute Gasteiger partial charge is 0.493 e. The topological polar surface area (TPSA) is 134 Å². The van der Waals surface area contributed by atoms with Gasteiger partial charge in [-0.05, 0) is 55.8 Å². The number of carbonyl (C=O) groups excluding carboxylic acids is 2. The van der Waals surface area contributed by atoms with Gasteiger partial charge in [-0.25, -0.2) is 12.7 Å². The molecule has 3 atom stereocenters. The molecule has 3 unspecified atom stereocenters. The fraction of sp³-hybridized carbons (Fsp3) is 0.286. The highest BCUT2D eigenvalue weighted by molar-refractivity contribution is 7.93. The van der Waals surface area contributed by atoms with E-state index < -0.39 is 39.5 Å². The normalized spacial score (nSPS) is 21.8. The number of hydrogen-bond acceptors (Lipinski definition) is 8. The van der Waals surface area contributed by atoms with Crippen molar-refractivity contribution >= 4 is 50.7 Å². The van der Waals surface area contributed by atoms with Crippen molar-refractivity contribution in [2.24, 2.45) is 0 Å². The third kappa shape index (κ3) is 4.91. The SMILES string of the molecule is COc1ccc(S(=O)(=O)N2c3ccc(Cl)cc3C(O)(c3ccccc3Cl)C2C(=O)NC(=O)C2CCCN2)cc1OC. The van der Waals surface area contributed by atoms with Crippen LogP contribution in [0.5, 0.6) is 11.5 Å². The van der Waals surface area contributed by atoms with E-state index in [-0.39, 0.29) is 43.3 Å². The van der Waals surface area contributed by atoms with Gasteiger partial charge in [0, 0.05) is 27.2 Å². The Hall–Kier alpha value is -3.35. The molecular formula is C28H27Cl2N3O7S. The minimum Gasteiger partial charge on any atom is -0.493 e. The lowest BCUT2D eigenvalue weighted by Gasteiger charge is -2.34. The van der Waals surface area contributed by atoms with Gasteiger partial charge in [-0.2, -0.15) is 0 Å². The summed E-state index contributed by atoms with van der Waals surface area (Å²) in [5, 5.41) is 18.1. The summed E-state index contributed by atoms with van der Waals surface area (Å²) < 4.78 is 40.1. The first kappa shape index (κ1) is 29.2. The molecule has 1 saturated heterocycles. The maximum Gasteiger partial charge on any atom is 0.265 e. The van der Waals surface area contributed by atoms with Crippen LogP contribution in [0.3, 0.4) is 0 Å². The van der Waals surface area contributed by atoms with Crippen molar-refractivity contribution in [1.82, 2.24) is 10.6 Å². The minimum atomic E-state index is -4.60. The van der Waals surface area contributed by atoms with Crippen LogP contribution in [0.4, 0.5) is 5.69 Å². The van der Waals surface area contributed by atoms with Crippen LogP contribution >= 0.6 is 23.2 Å². The van der Waals surface area contributed by atoms with E-state index >= 15 is 0 Å². The molecule has 216 valence electrons. The number of methoxy groups -OCH3 is 2. The van der Waals surface area contributed by atoms with Gasteiger partial charge >= 0.3 is 0 Å². The summed E-state index contributed by atoms with van der Waals surface area (Å²) in [6, 6.07) is 11.9. The molecule has 13 heteroatoms. The standard InChI is InChI=1S/C28H27Cl2N3O7S/c1-39-23-12-10-17(15-24(23)40-2)41(37,38)33-22-11-9-16(29)14-19(22)28(36,18-6-3-4-7-20(18)30)25(33)27(35)32-26(34)21-8-5-13-31-21/h3-4,6-7,9-12,14-15,21,25,31,36H,5,8,13H2,1-2H3,(H,32,34,35). The summed E-state index contributed by atoms with van der Waals surface area (Å²) in [7, 11) is -1.83. The lowest BCUT2D eigenvalue weighted by molar-refractivity contribution is -0.134. The van der Waals surface area contributed by atoms with Crippen LogP contribution in [0, 0.1) is 0 Å². The highest BCUT2D eigenvalue weighted by Gasteiger charge is 2.59. The zero-order valence-corrected chi connectivity index (χ0v) is 24.4. The first-order valence-electron chi connectivity index (χ1n) is 12.7. The number of anilines is 1. The van der Waals surface area contributed by atoms with Crippen LogP contribution in [0.1, 0.15) is 24.0 Å². The smallest absolute Gasteiger partial charge is 0.265 e. The molecule has 2 aliphatic heterocycles. The molecule has 41 heavy (non-hydrogen) atoms. The molecule has 0 bridgehead atoms. The second kappa shape index (κ2) is 11.1. The molecule has 1 fully saturated rings. The van der Waals surface area contributed by atoms with Crippen molar-refractivity contribution in [3.05, 3.63) is 81.8 Å². The van der Waals surface area contributed by atoms with E-state index in [2.05, 4.69) is 10.6 Å². The molecule has 0 aliphatic carbocycles. The highest BCUT2D eigenvalue weighted by atomic mass is 35.5. The second-order valence-electron chi connectivity index (χ2n) is 9.63. The van der Waals surface area contributed by atoms with E-state index in [9.17, 15) is 23.1 Å². The van der Waals surface area contributed by atoms with Crippen LogP contribution in [-0.2, 0) is 25.2 Å². The number of halogens is 2. The number of hydrogen-bond donors (Lipinski definition) is 3. The number of ether oxygens (including phenoxy) is 2. The lowest BCUT2D eigenvalue weighted by atomic mass is 9.82. The number of rotatable bonds is 7. The van der Waals surface area contributed by atoms with Crippen molar-refractivity contribution in [3.8, 4) is 11.5 Å². The van der Waals surface area contributed by atoms with Gasteiger partial charge < -0.3 is 19.9 Å². The molecule has 3 N–H and O–H groups in total. The predicted octanol–water partition coefficient (Wildman–Crippen LogP) is 3.22. The summed E-state index contributed by atoms with van der Waals surface area (Å²) in [5.41, 5.74) is -2.27. The number of aliphatic hydroxyl groups is 1.